The van der Waals surface area contributed by atoms with Crippen molar-refractivity contribution in [1.82, 2.24) is 10.6 Å². The highest BCUT2D eigenvalue weighted by molar-refractivity contribution is 5.99. The Morgan fingerprint density at radius 1 is 1.23 bits per heavy atom. The third kappa shape index (κ3) is 3.59. The number of hydrogen-bond donors (Lipinski definition) is 2. The number of carbonyl (C=O) groups is 2. The van der Waals surface area contributed by atoms with Gasteiger partial charge in [-0.15, -0.1) is 0 Å². The summed E-state index contributed by atoms with van der Waals surface area (Å²) in [5, 5.41) is 5.46. The van der Waals surface area contributed by atoms with Crippen LogP contribution in [0.3, 0.4) is 0 Å². The first kappa shape index (κ1) is 16.3. The van der Waals surface area contributed by atoms with Gasteiger partial charge in [0, 0.05) is 17.0 Å². The Hall–Kier alpha value is -2.04. The molecule has 5 nitrogen and oxygen atoms in total. The summed E-state index contributed by atoms with van der Waals surface area (Å²) in [5.74, 6) is 0.390. The van der Waals surface area contributed by atoms with Gasteiger partial charge in [-0.2, -0.15) is 0 Å². The number of para-hydroxylation sites is 1. The van der Waals surface area contributed by atoms with Crippen LogP contribution in [0.15, 0.2) is 18.2 Å². The molecule has 2 rings (SSSR count). The minimum atomic E-state index is -0.316. The molecule has 1 aliphatic rings. The Bertz CT molecular complexity index is 590. The molecule has 0 saturated carbocycles. The number of benzene rings is 1. The van der Waals surface area contributed by atoms with Crippen LogP contribution < -0.4 is 15.4 Å². The maximum Gasteiger partial charge on any atom is 0.255 e. The number of fused-ring (bicyclic) bond motifs is 1. The summed E-state index contributed by atoms with van der Waals surface area (Å²) in [6, 6.07) is 5.55. The van der Waals surface area contributed by atoms with Gasteiger partial charge in [0.2, 0.25) is 5.91 Å². The predicted octanol–water partition coefficient (Wildman–Crippen LogP) is 2.22. The Kier molecular flexibility index (Phi) is 4.44. The number of amides is 2. The fraction of sp³-hybridized carbons (Fsp3) is 0.529. The second kappa shape index (κ2) is 5.99. The van der Waals surface area contributed by atoms with E-state index in [1.54, 1.807) is 6.07 Å². The van der Waals surface area contributed by atoms with Crippen LogP contribution in [0, 0.1) is 0 Å². The van der Waals surface area contributed by atoms with E-state index in [1.807, 2.05) is 39.8 Å². The standard InChI is InChI=1S/C17H24N2O3/c1-10-11(2)22-15-12(10)7-6-8-13(15)16(21)18-9-14(20)19-17(3,4)5/h6-8,10-11H,9H2,1-5H3,(H,18,21)(H,19,20). The van der Waals surface area contributed by atoms with Crippen molar-refractivity contribution in [3.63, 3.8) is 0 Å². The van der Waals surface area contributed by atoms with E-state index in [9.17, 15) is 9.59 Å². The minimum Gasteiger partial charge on any atom is -0.489 e. The van der Waals surface area contributed by atoms with E-state index in [1.165, 1.54) is 0 Å². The molecule has 0 saturated heterocycles. The highest BCUT2D eigenvalue weighted by atomic mass is 16.5. The van der Waals surface area contributed by atoms with Crippen molar-refractivity contribution in [2.45, 2.75) is 52.2 Å². The molecule has 1 aromatic carbocycles. The molecule has 0 radical (unpaired) electrons. The zero-order valence-electron chi connectivity index (χ0n) is 13.8. The maximum atomic E-state index is 12.3. The summed E-state index contributed by atoms with van der Waals surface area (Å²) in [6.45, 7) is 9.71. The summed E-state index contributed by atoms with van der Waals surface area (Å²) in [5.41, 5.74) is 1.21. The van der Waals surface area contributed by atoms with Crippen LogP contribution in [0.4, 0.5) is 0 Å². The number of nitrogens with one attached hydrogen (secondary N) is 2. The lowest BCUT2D eigenvalue weighted by molar-refractivity contribution is -0.121. The molecule has 0 aliphatic carbocycles. The fourth-order valence-electron chi connectivity index (χ4n) is 2.48. The van der Waals surface area contributed by atoms with Crippen molar-refractivity contribution < 1.29 is 14.3 Å². The Labute approximate surface area is 131 Å². The van der Waals surface area contributed by atoms with Crippen LogP contribution in [-0.4, -0.2) is 30.0 Å². The SMILES string of the molecule is CC1Oc2c(C(=O)NCC(=O)NC(C)(C)C)cccc2C1C. The Morgan fingerprint density at radius 3 is 2.55 bits per heavy atom. The monoisotopic (exact) mass is 304 g/mol. The van der Waals surface area contributed by atoms with Gasteiger partial charge in [-0.05, 0) is 33.8 Å². The first-order chi connectivity index (χ1) is 10.2. The van der Waals surface area contributed by atoms with Crippen LogP contribution in [0.2, 0.25) is 0 Å². The quantitative estimate of drug-likeness (QED) is 0.899. The van der Waals surface area contributed by atoms with Crippen LogP contribution in [-0.2, 0) is 4.79 Å². The van der Waals surface area contributed by atoms with Crippen molar-refractivity contribution in [2.75, 3.05) is 6.54 Å². The molecule has 2 atom stereocenters. The second-order valence-electron chi connectivity index (χ2n) is 6.82. The highest BCUT2D eigenvalue weighted by Crippen LogP contribution is 2.40. The molecule has 2 amide bonds. The van der Waals surface area contributed by atoms with Crippen molar-refractivity contribution in [3.8, 4) is 5.75 Å². The van der Waals surface area contributed by atoms with E-state index < -0.39 is 0 Å². The second-order valence-corrected chi connectivity index (χ2v) is 6.82. The largest absolute Gasteiger partial charge is 0.489 e. The molecule has 0 bridgehead atoms. The van der Waals surface area contributed by atoms with Gasteiger partial charge in [0.05, 0.1) is 12.1 Å². The van der Waals surface area contributed by atoms with Crippen molar-refractivity contribution in [3.05, 3.63) is 29.3 Å². The molecule has 22 heavy (non-hydrogen) atoms. The summed E-state index contributed by atoms with van der Waals surface area (Å²) in [7, 11) is 0. The number of rotatable bonds is 3. The van der Waals surface area contributed by atoms with Gasteiger partial charge in [-0.25, -0.2) is 0 Å². The van der Waals surface area contributed by atoms with E-state index in [0.29, 0.717) is 11.3 Å². The summed E-state index contributed by atoms with van der Waals surface area (Å²) >= 11 is 0. The Morgan fingerprint density at radius 2 is 1.91 bits per heavy atom. The van der Waals surface area contributed by atoms with Gasteiger partial charge in [0.1, 0.15) is 11.9 Å². The molecule has 0 spiro atoms. The zero-order chi connectivity index (χ0) is 16.5. The maximum absolute atomic E-state index is 12.3. The van der Waals surface area contributed by atoms with Crippen molar-refractivity contribution in [2.24, 2.45) is 0 Å². The molecule has 2 N–H and O–H groups in total. The van der Waals surface area contributed by atoms with E-state index >= 15 is 0 Å². The molecular weight excluding hydrogens is 280 g/mol. The lowest BCUT2D eigenvalue weighted by Gasteiger charge is -2.20. The molecule has 0 fully saturated rings. The van der Waals surface area contributed by atoms with E-state index in [2.05, 4.69) is 17.6 Å². The van der Waals surface area contributed by atoms with Gasteiger partial charge >= 0.3 is 0 Å². The minimum absolute atomic E-state index is 0.0492. The number of carbonyl (C=O) groups excluding carboxylic acids is 2. The highest BCUT2D eigenvalue weighted by Gasteiger charge is 2.31. The first-order valence-corrected chi connectivity index (χ1v) is 7.58. The lowest BCUT2D eigenvalue weighted by Crippen LogP contribution is -2.45. The third-order valence-electron chi connectivity index (χ3n) is 3.71. The molecule has 1 aromatic rings. The summed E-state index contributed by atoms with van der Waals surface area (Å²) in [6.07, 6.45) is 0.0492. The normalized spacial score (nSPS) is 20.0. The summed E-state index contributed by atoms with van der Waals surface area (Å²) in [4.78, 5) is 24.1. The number of hydrogen-bond acceptors (Lipinski definition) is 3. The first-order valence-electron chi connectivity index (χ1n) is 7.58. The van der Waals surface area contributed by atoms with Crippen molar-refractivity contribution in [1.29, 1.82) is 0 Å². The van der Waals surface area contributed by atoms with Gasteiger partial charge in [-0.1, -0.05) is 19.1 Å². The smallest absolute Gasteiger partial charge is 0.255 e. The molecule has 1 heterocycles. The molecular formula is C17H24N2O3. The van der Waals surface area contributed by atoms with Gasteiger partial charge in [-0.3, -0.25) is 9.59 Å². The van der Waals surface area contributed by atoms with Gasteiger partial charge in [0.25, 0.3) is 5.91 Å². The average molecular weight is 304 g/mol. The molecule has 0 aromatic heterocycles. The van der Waals surface area contributed by atoms with Crippen molar-refractivity contribution >= 4 is 11.8 Å². The van der Waals surface area contributed by atoms with Gasteiger partial charge in [0.15, 0.2) is 0 Å². The molecule has 5 heteroatoms. The molecule has 1 aliphatic heterocycles. The molecule has 2 unspecified atom stereocenters. The van der Waals surface area contributed by atoms with E-state index in [-0.39, 0.29) is 35.9 Å². The average Bonchev–Trinajstić information content (AvgIpc) is 2.70. The van der Waals surface area contributed by atoms with E-state index in [4.69, 9.17) is 4.74 Å². The third-order valence-corrected chi connectivity index (χ3v) is 3.71. The fourth-order valence-corrected chi connectivity index (χ4v) is 2.48. The van der Waals surface area contributed by atoms with Crippen LogP contribution in [0.25, 0.3) is 0 Å². The summed E-state index contributed by atoms with van der Waals surface area (Å²) < 4.78 is 5.80. The predicted molar refractivity (Wildman–Crippen MR) is 85.2 cm³/mol. The zero-order valence-corrected chi connectivity index (χ0v) is 13.8. The number of ether oxygens (including phenoxy) is 1. The van der Waals surface area contributed by atoms with Gasteiger partial charge < -0.3 is 15.4 Å². The van der Waals surface area contributed by atoms with Crippen LogP contribution >= 0.6 is 0 Å². The van der Waals surface area contributed by atoms with E-state index in [0.717, 1.165) is 5.56 Å². The van der Waals surface area contributed by atoms with Crippen LogP contribution in [0.5, 0.6) is 5.75 Å². The topological polar surface area (TPSA) is 67.4 Å². The molecule has 120 valence electrons. The van der Waals surface area contributed by atoms with Crippen LogP contribution in [0.1, 0.15) is 56.5 Å². The lowest BCUT2D eigenvalue weighted by atomic mass is 9.97. The Balaban J connectivity index is 2.05.